The van der Waals surface area contributed by atoms with Crippen LogP contribution in [0.1, 0.15) is 53.9 Å². The molecular formula is C20H23N5O3S. The van der Waals surface area contributed by atoms with Crippen molar-refractivity contribution in [2.24, 2.45) is 17.8 Å². The zero-order valence-corrected chi connectivity index (χ0v) is 17.0. The Balaban J connectivity index is 1.35. The molecule has 4 aliphatic rings. The van der Waals surface area contributed by atoms with E-state index in [-0.39, 0.29) is 16.7 Å². The molecule has 1 heterocycles. The molecule has 8 nitrogen and oxygen atoms in total. The molecule has 0 radical (unpaired) electrons. The van der Waals surface area contributed by atoms with E-state index in [1.807, 2.05) is 0 Å². The normalized spacial score (nSPS) is 29.6. The number of aromatic nitrogens is 2. The Morgan fingerprint density at radius 3 is 2.41 bits per heavy atom. The molecule has 4 saturated carbocycles. The number of carbonyl (C=O) groups excluding carboxylic acids is 1. The number of amides is 1. The molecule has 0 atom stereocenters. The van der Waals surface area contributed by atoms with Gasteiger partial charge in [0.25, 0.3) is 11.6 Å². The van der Waals surface area contributed by atoms with E-state index in [0.29, 0.717) is 10.8 Å². The van der Waals surface area contributed by atoms with E-state index >= 15 is 0 Å². The molecule has 0 aliphatic heterocycles. The first kappa shape index (κ1) is 18.5. The fourth-order valence-electron chi connectivity index (χ4n) is 6.07. The molecule has 2 aromatic rings. The lowest BCUT2D eigenvalue weighted by molar-refractivity contribution is -0.384. The lowest BCUT2D eigenvalue weighted by atomic mass is 9.50. The maximum atomic E-state index is 12.6. The summed E-state index contributed by atoms with van der Waals surface area (Å²) in [7, 11) is 1.61. The summed E-state index contributed by atoms with van der Waals surface area (Å²) in [5.41, 5.74) is 0.600. The van der Waals surface area contributed by atoms with E-state index < -0.39 is 10.8 Å². The molecule has 152 valence electrons. The SMILES string of the molecule is CNc1ccc(C(=O)Nc2nnc(C34CC5CC(CC(C5)C3)C4)s2)cc1[N+](=O)[O-]. The topological polar surface area (TPSA) is 110 Å². The van der Waals surface area contributed by atoms with Crippen LogP contribution in [0.2, 0.25) is 0 Å². The molecule has 4 aliphatic carbocycles. The number of nitro groups is 1. The number of rotatable bonds is 5. The first-order chi connectivity index (χ1) is 14.0. The fourth-order valence-corrected chi connectivity index (χ4v) is 7.02. The van der Waals surface area contributed by atoms with E-state index in [9.17, 15) is 14.9 Å². The Labute approximate surface area is 172 Å². The van der Waals surface area contributed by atoms with Crippen LogP contribution in [0.15, 0.2) is 18.2 Å². The van der Waals surface area contributed by atoms with Crippen molar-refractivity contribution in [1.29, 1.82) is 0 Å². The molecule has 0 unspecified atom stereocenters. The van der Waals surface area contributed by atoms with Crippen molar-refractivity contribution in [2.75, 3.05) is 17.7 Å². The van der Waals surface area contributed by atoms with E-state index in [1.165, 1.54) is 62.0 Å². The highest BCUT2D eigenvalue weighted by molar-refractivity contribution is 7.15. The van der Waals surface area contributed by atoms with Crippen LogP contribution in [0.25, 0.3) is 0 Å². The van der Waals surface area contributed by atoms with Gasteiger partial charge in [-0.05, 0) is 68.4 Å². The number of benzene rings is 1. The second-order valence-corrected chi connectivity index (χ2v) is 9.78. The van der Waals surface area contributed by atoms with Gasteiger partial charge >= 0.3 is 0 Å². The molecule has 0 spiro atoms. The monoisotopic (exact) mass is 413 g/mol. The highest BCUT2D eigenvalue weighted by Crippen LogP contribution is 2.61. The summed E-state index contributed by atoms with van der Waals surface area (Å²) in [6.07, 6.45) is 7.67. The quantitative estimate of drug-likeness (QED) is 0.561. The van der Waals surface area contributed by atoms with E-state index in [1.54, 1.807) is 13.1 Å². The largest absolute Gasteiger partial charge is 0.383 e. The average Bonchev–Trinajstić information content (AvgIpc) is 3.15. The lowest BCUT2D eigenvalue weighted by Crippen LogP contribution is -2.48. The average molecular weight is 414 g/mol. The van der Waals surface area contributed by atoms with Gasteiger partial charge in [0.1, 0.15) is 10.7 Å². The molecule has 9 heteroatoms. The van der Waals surface area contributed by atoms with Crippen LogP contribution in [-0.2, 0) is 5.41 Å². The minimum atomic E-state index is -0.501. The minimum Gasteiger partial charge on any atom is -0.383 e. The highest BCUT2D eigenvalue weighted by Gasteiger charge is 2.53. The first-order valence-corrected chi connectivity index (χ1v) is 10.9. The lowest BCUT2D eigenvalue weighted by Gasteiger charge is -2.55. The number of nitrogens with zero attached hydrogens (tertiary/aromatic N) is 3. The summed E-state index contributed by atoms with van der Waals surface area (Å²) in [6, 6.07) is 4.38. The summed E-state index contributed by atoms with van der Waals surface area (Å²) < 4.78 is 0. The molecular weight excluding hydrogens is 390 g/mol. The Bertz CT molecular complexity index is 953. The van der Waals surface area contributed by atoms with Gasteiger partial charge in [0.2, 0.25) is 5.13 Å². The molecule has 4 bridgehead atoms. The predicted molar refractivity (Wildman–Crippen MR) is 110 cm³/mol. The van der Waals surface area contributed by atoms with Crippen molar-refractivity contribution in [1.82, 2.24) is 10.2 Å². The van der Waals surface area contributed by atoms with Crippen LogP contribution >= 0.6 is 11.3 Å². The maximum absolute atomic E-state index is 12.6. The number of anilines is 2. The van der Waals surface area contributed by atoms with Crippen LogP contribution in [0.4, 0.5) is 16.5 Å². The third-order valence-corrected chi connectivity index (χ3v) is 7.95. The van der Waals surface area contributed by atoms with Gasteiger partial charge in [-0.25, -0.2) is 0 Å². The third-order valence-electron chi connectivity index (χ3n) is 6.86. The van der Waals surface area contributed by atoms with Gasteiger partial charge in [-0.3, -0.25) is 20.2 Å². The van der Waals surface area contributed by atoms with Crippen LogP contribution in [0, 0.1) is 27.9 Å². The van der Waals surface area contributed by atoms with Crippen molar-refractivity contribution >= 4 is 33.8 Å². The van der Waals surface area contributed by atoms with Gasteiger partial charge in [-0.1, -0.05) is 11.3 Å². The predicted octanol–water partition coefficient (Wildman–Crippen LogP) is 4.21. The highest BCUT2D eigenvalue weighted by atomic mass is 32.1. The van der Waals surface area contributed by atoms with Crippen LogP contribution < -0.4 is 10.6 Å². The summed E-state index contributed by atoms with van der Waals surface area (Å²) in [6.45, 7) is 0. The number of hydrogen-bond acceptors (Lipinski definition) is 7. The second kappa shape index (κ2) is 6.76. The number of nitro benzene ring substituents is 1. The molecule has 4 fully saturated rings. The Morgan fingerprint density at radius 2 is 1.83 bits per heavy atom. The van der Waals surface area contributed by atoms with Gasteiger partial charge in [0, 0.05) is 24.1 Å². The molecule has 0 saturated heterocycles. The first-order valence-electron chi connectivity index (χ1n) is 10.1. The van der Waals surface area contributed by atoms with Gasteiger partial charge in [0.05, 0.1) is 4.92 Å². The van der Waals surface area contributed by atoms with E-state index in [2.05, 4.69) is 20.8 Å². The van der Waals surface area contributed by atoms with Crippen molar-refractivity contribution < 1.29 is 9.72 Å². The maximum Gasteiger partial charge on any atom is 0.293 e. The van der Waals surface area contributed by atoms with Gasteiger partial charge < -0.3 is 5.32 Å². The van der Waals surface area contributed by atoms with Gasteiger partial charge in [-0.15, -0.1) is 10.2 Å². The Kier molecular flexibility index (Phi) is 4.31. The van der Waals surface area contributed by atoms with E-state index in [4.69, 9.17) is 0 Å². The minimum absolute atomic E-state index is 0.133. The molecule has 2 N–H and O–H groups in total. The van der Waals surface area contributed by atoms with E-state index in [0.717, 1.165) is 22.8 Å². The van der Waals surface area contributed by atoms with Gasteiger partial charge in [0.15, 0.2) is 0 Å². The molecule has 6 rings (SSSR count). The molecule has 29 heavy (non-hydrogen) atoms. The smallest absolute Gasteiger partial charge is 0.293 e. The van der Waals surface area contributed by atoms with Crippen molar-refractivity contribution in [2.45, 2.75) is 43.9 Å². The van der Waals surface area contributed by atoms with Crippen molar-refractivity contribution in [3.8, 4) is 0 Å². The zero-order chi connectivity index (χ0) is 20.2. The van der Waals surface area contributed by atoms with Crippen LogP contribution in [-0.4, -0.2) is 28.1 Å². The van der Waals surface area contributed by atoms with Crippen LogP contribution in [0.3, 0.4) is 0 Å². The third kappa shape index (κ3) is 3.17. The Hall–Kier alpha value is -2.55. The zero-order valence-electron chi connectivity index (χ0n) is 16.2. The summed E-state index contributed by atoms with van der Waals surface area (Å²) in [5, 5.41) is 27.0. The molecule has 1 aromatic carbocycles. The van der Waals surface area contributed by atoms with Crippen molar-refractivity contribution in [3.05, 3.63) is 38.9 Å². The second-order valence-electron chi connectivity index (χ2n) is 8.80. The summed E-state index contributed by atoms with van der Waals surface area (Å²) >= 11 is 1.46. The Morgan fingerprint density at radius 1 is 1.17 bits per heavy atom. The molecule has 1 amide bonds. The van der Waals surface area contributed by atoms with Gasteiger partial charge in [-0.2, -0.15) is 0 Å². The summed E-state index contributed by atoms with van der Waals surface area (Å²) in [4.78, 5) is 23.4. The number of hydrogen-bond donors (Lipinski definition) is 2. The summed E-state index contributed by atoms with van der Waals surface area (Å²) in [5.74, 6) is 2.03. The van der Waals surface area contributed by atoms with Crippen molar-refractivity contribution in [3.63, 3.8) is 0 Å². The van der Waals surface area contributed by atoms with Crippen LogP contribution in [0.5, 0.6) is 0 Å². The number of nitrogens with one attached hydrogen (secondary N) is 2. The number of carbonyl (C=O) groups is 1. The fraction of sp³-hybridized carbons (Fsp3) is 0.550. The standard InChI is InChI=1S/C20H23N5O3S/c1-21-15-3-2-14(7-16(15)25(27)28)17(26)22-19-24-23-18(29-19)20-8-11-4-12(9-20)6-13(5-11)10-20/h2-3,7,11-13,21H,4-6,8-10H2,1H3,(H,22,24,26). The molecule has 1 aromatic heterocycles.